The molecule has 1 fully saturated rings. The van der Waals surface area contributed by atoms with Gasteiger partial charge in [-0.1, -0.05) is 6.07 Å². The Morgan fingerprint density at radius 1 is 1.30 bits per heavy atom. The number of hydrogen-bond donors (Lipinski definition) is 1. The average molecular weight is 306 g/mol. The molecule has 1 N–H and O–H groups in total. The fourth-order valence-electron chi connectivity index (χ4n) is 2.07. The molecule has 0 unspecified atom stereocenters. The second kappa shape index (κ2) is 5.82. The maximum absolute atomic E-state index is 12.3. The maximum atomic E-state index is 12.3. The van der Waals surface area contributed by atoms with Gasteiger partial charge in [0.15, 0.2) is 0 Å². The number of carbonyl (C=O) groups excluding carboxylic acids is 2. The first kappa shape index (κ1) is 14.8. The van der Waals surface area contributed by atoms with Crippen molar-refractivity contribution in [2.75, 3.05) is 13.1 Å². The third kappa shape index (κ3) is 3.50. The molecule has 1 aliphatic rings. The van der Waals surface area contributed by atoms with Crippen molar-refractivity contribution in [3.63, 3.8) is 0 Å². The van der Waals surface area contributed by atoms with E-state index in [2.05, 4.69) is 5.32 Å². The second-order valence-electron chi connectivity index (χ2n) is 4.51. The smallest absolute Gasteiger partial charge is 0.348 e. The molecule has 8 heteroatoms. The molecule has 0 saturated carbocycles. The number of amides is 2. The Labute approximate surface area is 117 Å². The lowest BCUT2D eigenvalue weighted by molar-refractivity contribution is -0.186. The summed E-state index contributed by atoms with van der Waals surface area (Å²) in [5.41, 5.74) is 0. The molecule has 1 saturated heterocycles. The summed E-state index contributed by atoms with van der Waals surface area (Å²) in [5, 5.41) is 4.55. The predicted molar refractivity (Wildman–Crippen MR) is 67.4 cm³/mol. The number of thiophene rings is 1. The van der Waals surface area contributed by atoms with E-state index in [0.717, 1.165) is 4.90 Å². The molecule has 4 nitrogen and oxygen atoms in total. The molecule has 2 rings (SSSR count). The van der Waals surface area contributed by atoms with Crippen molar-refractivity contribution in [3.8, 4) is 0 Å². The van der Waals surface area contributed by atoms with Crippen molar-refractivity contribution < 1.29 is 22.8 Å². The molecular formula is C12H13F3N2O2S. The Kier molecular flexibility index (Phi) is 4.32. The van der Waals surface area contributed by atoms with E-state index in [4.69, 9.17) is 0 Å². The van der Waals surface area contributed by atoms with Gasteiger partial charge in [-0.2, -0.15) is 13.2 Å². The van der Waals surface area contributed by atoms with Crippen LogP contribution in [0.1, 0.15) is 22.5 Å². The Bertz CT molecular complexity index is 479. The van der Waals surface area contributed by atoms with E-state index in [9.17, 15) is 22.8 Å². The van der Waals surface area contributed by atoms with Crippen molar-refractivity contribution >= 4 is 23.2 Å². The number of piperidine rings is 1. The SMILES string of the molecule is O=C(NC1CCN(C(=O)C(F)(F)F)CC1)c1cccs1. The number of alkyl halides is 3. The highest BCUT2D eigenvalue weighted by Crippen LogP contribution is 2.21. The van der Waals surface area contributed by atoms with Gasteiger partial charge in [0.25, 0.3) is 5.91 Å². The van der Waals surface area contributed by atoms with Crippen LogP contribution in [0.25, 0.3) is 0 Å². The molecule has 1 aromatic heterocycles. The minimum Gasteiger partial charge on any atom is -0.348 e. The lowest BCUT2D eigenvalue weighted by atomic mass is 10.0. The van der Waals surface area contributed by atoms with Gasteiger partial charge >= 0.3 is 12.1 Å². The van der Waals surface area contributed by atoms with Gasteiger partial charge in [-0.25, -0.2) is 0 Å². The van der Waals surface area contributed by atoms with Crippen LogP contribution in [-0.4, -0.2) is 42.0 Å². The Morgan fingerprint density at radius 2 is 1.95 bits per heavy atom. The van der Waals surface area contributed by atoms with Crippen molar-refractivity contribution in [2.45, 2.75) is 25.1 Å². The van der Waals surface area contributed by atoms with Gasteiger partial charge in [0.2, 0.25) is 0 Å². The number of likely N-dealkylation sites (tertiary alicyclic amines) is 1. The fourth-order valence-corrected chi connectivity index (χ4v) is 2.70. The van der Waals surface area contributed by atoms with E-state index < -0.39 is 12.1 Å². The molecule has 2 amide bonds. The summed E-state index contributed by atoms with van der Waals surface area (Å²) < 4.78 is 36.8. The molecule has 0 aliphatic carbocycles. The van der Waals surface area contributed by atoms with Gasteiger partial charge in [0, 0.05) is 19.1 Å². The summed E-state index contributed by atoms with van der Waals surface area (Å²) in [7, 11) is 0. The third-order valence-corrected chi connectivity index (χ3v) is 3.97. The standard InChI is InChI=1S/C12H13F3N2O2S/c13-12(14,15)11(19)17-5-3-8(4-6-17)16-10(18)9-2-1-7-20-9/h1-2,7-8H,3-6H2,(H,16,18). The highest BCUT2D eigenvalue weighted by molar-refractivity contribution is 7.12. The lowest BCUT2D eigenvalue weighted by Crippen LogP contribution is -2.49. The van der Waals surface area contributed by atoms with Crippen molar-refractivity contribution in [2.24, 2.45) is 0 Å². The third-order valence-electron chi connectivity index (χ3n) is 3.10. The first-order chi connectivity index (χ1) is 9.38. The molecule has 1 aliphatic heterocycles. The van der Waals surface area contributed by atoms with Gasteiger partial charge in [0.1, 0.15) is 0 Å². The highest BCUT2D eigenvalue weighted by atomic mass is 32.1. The lowest BCUT2D eigenvalue weighted by Gasteiger charge is -2.32. The first-order valence-electron chi connectivity index (χ1n) is 6.08. The zero-order valence-electron chi connectivity index (χ0n) is 10.4. The summed E-state index contributed by atoms with van der Waals surface area (Å²) in [6.07, 6.45) is -4.16. The predicted octanol–water partition coefficient (Wildman–Crippen LogP) is 2.03. The van der Waals surface area contributed by atoms with Crippen molar-refractivity contribution in [3.05, 3.63) is 22.4 Å². The maximum Gasteiger partial charge on any atom is 0.471 e. The average Bonchev–Trinajstić information content (AvgIpc) is 2.91. The van der Waals surface area contributed by atoms with Crippen LogP contribution in [0, 0.1) is 0 Å². The number of nitrogens with one attached hydrogen (secondary N) is 1. The van der Waals surface area contributed by atoms with Crippen LogP contribution in [0.4, 0.5) is 13.2 Å². The van der Waals surface area contributed by atoms with Crippen LogP contribution in [0.2, 0.25) is 0 Å². The van der Waals surface area contributed by atoms with E-state index >= 15 is 0 Å². The molecule has 0 spiro atoms. The van der Waals surface area contributed by atoms with Crippen LogP contribution in [0.15, 0.2) is 17.5 Å². The number of halogens is 3. The largest absolute Gasteiger partial charge is 0.471 e. The monoisotopic (exact) mass is 306 g/mol. The van der Waals surface area contributed by atoms with Crippen LogP contribution < -0.4 is 5.32 Å². The molecular weight excluding hydrogens is 293 g/mol. The van der Waals surface area contributed by atoms with E-state index in [1.807, 2.05) is 0 Å². The first-order valence-corrected chi connectivity index (χ1v) is 6.96. The molecule has 0 atom stereocenters. The second-order valence-corrected chi connectivity index (χ2v) is 5.46. The Balaban J connectivity index is 1.83. The van der Waals surface area contributed by atoms with E-state index in [1.165, 1.54) is 11.3 Å². The Hall–Kier alpha value is -1.57. The van der Waals surface area contributed by atoms with Crippen LogP contribution in [0.5, 0.6) is 0 Å². The van der Waals surface area contributed by atoms with E-state index in [-0.39, 0.29) is 25.0 Å². The van der Waals surface area contributed by atoms with Gasteiger partial charge in [-0.15, -0.1) is 11.3 Å². The molecule has 110 valence electrons. The summed E-state index contributed by atoms with van der Waals surface area (Å²) in [4.78, 5) is 24.2. The summed E-state index contributed by atoms with van der Waals surface area (Å²) in [5.74, 6) is -2.03. The van der Waals surface area contributed by atoms with Gasteiger partial charge in [-0.05, 0) is 24.3 Å². The van der Waals surface area contributed by atoms with Gasteiger partial charge in [-0.3, -0.25) is 9.59 Å². The molecule has 0 aromatic carbocycles. The summed E-state index contributed by atoms with van der Waals surface area (Å²) in [6.45, 7) is 0.0153. The number of nitrogens with zero attached hydrogens (tertiary/aromatic N) is 1. The molecule has 1 aromatic rings. The number of hydrogen-bond acceptors (Lipinski definition) is 3. The minimum atomic E-state index is -4.83. The number of carbonyl (C=O) groups is 2. The van der Waals surface area contributed by atoms with E-state index in [0.29, 0.717) is 17.7 Å². The van der Waals surface area contributed by atoms with E-state index in [1.54, 1.807) is 17.5 Å². The zero-order chi connectivity index (χ0) is 14.8. The highest BCUT2D eigenvalue weighted by Gasteiger charge is 2.43. The van der Waals surface area contributed by atoms with Crippen LogP contribution in [-0.2, 0) is 4.79 Å². The summed E-state index contributed by atoms with van der Waals surface area (Å²) >= 11 is 1.30. The van der Waals surface area contributed by atoms with Gasteiger partial charge in [0.05, 0.1) is 4.88 Å². The topological polar surface area (TPSA) is 49.4 Å². The normalized spacial score (nSPS) is 17.1. The molecule has 0 bridgehead atoms. The van der Waals surface area contributed by atoms with Gasteiger partial charge < -0.3 is 10.2 Å². The van der Waals surface area contributed by atoms with Crippen molar-refractivity contribution in [1.82, 2.24) is 10.2 Å². The minimum absolute atomic E-state index is 0.00767. The summed E-state index contributed by atoms with van der Waals surface area (Å²) in [6, 6.07) is 3.24. The fraction of sp³-hybridized carbons (Fsp3) is 0.500. The molecule has 2 heterocycles. The molecule has 0 radical (unpaired) electrons. The number of rotatable bonds is 2. The Morgan fingerprint density at radius 3 is 2.45 bits per heavy atom. The van der Waals surface area contributed by atoms with Crippen molar-refractivity contribution in [1.29, 1.82) is 0 Å². The quantitative estimate of drug-likeness (QED) is 0.909. The van der Waals surface area contributed by atoms with Crippen LogP contribution in [0.3, 0.4) is 0 Å². The van der Waals surface area contributed by atoms with Crippen LogP contribution >= 0.6 is 11.3 Å². The zero-order valence-corrected chi connectivity index (χ0v) is 11.3. The molecule has 20 heavy (non-hydrogen) atoms.